The highest BCUT2D eigenvalue weighted by Crippen LogP contribution is 2.26. The van der Waals surface area contributed by atoms with Gasteiger partial charge in [-0.15, -0.1) is 11.3 Å². The Bertz CT molecular complexity index is 1330. The molecule has 0 saturated carbocycles. The first kappa shape index (κ1) is 21.0. The zero-order valence-electron chi connectivity index (χ0n) is 16.3. The van der Waals surface area contributed by atoms with E-state index in [0.29, 0.717) is 4.88 Å². The van der Waals surface area contributed by atoms with Crippen molar-refractivity contribution in [2.24, 2.45) is 0 Å². The first-order valence-corrected chi connectivity index (χ1v) is 11.5. The SMILES string of the molecule is COc1ccc(S(=O)(=O)c2ccc(CNC(=O)c3cc4ccncc4s3)cc2)cc1F. The van der Waals surface area contributed by atoms with E-state index in [1.807, 2.05) is 6.07 Å². The number of nitrogens with zero attached hydrogens (tertiary/aromatic N) is 1. The van der Waals surface area contributed by atoms with E-state index in [1.165, 1.54) is 42.7 Å². The van der Waals surface area contributed by atoms with Gasteiger partial charge in [-0.3, -0.25) is 9.78 Å². The van der Waals surface area contributed by atoms with E-state index < -0.39 is 15.7 Å². The van der Waals surface area contributed by atoms with E-state index in [4.69, 9.17) is 4.74 Å². The second-order valence-corrected chi connectivity index (χ2v) is 9.68. The predicted octanol–water partition coefficient (Wildman–Crippen LogP) is 4.21. The molecule has 158 valence electrons. The Hall–Kier alpha value is -3.30. The molecule has 0 fully saturated rings. The summed E-state index contributed by atoms with van der Waals surface area (Å²) in [5, 5.41) is 3.78. The summed E-state index contributed by atoms with van der Waals surface area (Å²) in [4.78, 5) is 16.9. The summed E-state index contributed by atoms with van der Waals surface area (Å²) in [5.74, 6) is -0.994. The summed E-state index contributed by atoms with van der Waals surface area (Å²) in [7, 11) is -2.57. The van der Waals surface area contributed by atoms with E-state index in [-0.39, 0.29) is 28.0 Å². The fourth-order valence-corrected chi connectivity index (χ4v) is 5.22. The van der Waals surface area contributed by atoms with Crippen LogP contribution in [0, 0.1) is 5.82 Å². The van der Waals surface area contributed by atoms with Crippen LogP contribution in [0.5, 0.6) is 5.75 Å². The van der Waals surface area contributed by atoms with Crippen molar-refractivity contribution in [2.45, 2.75) is 16.3 Å². The van der Waals surface area contributed by atoms with Crippen LogP contribution in [0.2, 0.25) is 0 Å². The van der Waals surface area contributed by atoms with Crippen LogP contribution >= 0.6 is 11.3 Å². The number of rotatable bonds is 6. The molecule has 0 aliphatic rings. The molecule has 0 aliphatic heterocycles. The number of hydrogen-bond acceptors (Lipinski definition) is 6. The van der Waals surface area contributed by atoms with Crippen molar-refractivity contribution in [1.29, 1.82) is 0 Å². The molecule has 0 bridgehead atoms. The second-order valence-electron chi connectivity index (χ2n) is 6.65. The van der Waals surface area contributed by atoms with Crippen LogP contribution in [0.15, 0.2) is 76.8 Å². The van der Waals surface area contributed by atoms with Crippen LogP contribution in [0.4, 0.5) is 4.39 Å². The monoisotopic (exact) mass is 456 g/mol. The first-order valence-electron chi connectivity index (χ1n) is 9.18. The van der Waals surface area contributed by atoms with Gasteiger partial charge < -0.3 is 10.1 Å². The summed E-state index contributed by atoms with van der Waals surface area (Å²) in [6, 6.07) is 13.2. The van der Waals surface area contributed by atoms with Gasteiger partial charge in [0.05, 0.1) is 26.5 Å². The Kier molecular flexibility index (Phi) is 5.71. The molecule has 0 aliphatic carbocycles. The number of thiophene rings is 1. The van der Waals surface area contributed by atoms with Crippen LogP contribution < -0.4 is 10.1 Å². The van der Waals surface area contributed by atoms with Crippen molar-refractivity contribution in [1.82, 2.24) is 10.3 Å². The molecule has 2 aromatic heterocycles. The molecule has 0 unspecified atom stereocenters. The van der Waals surface area contributed by atoms with Crippen molar-refractivity contribution in [3.8, 4) is 5.75 Å². The van der Waals surface area contributed by atoms with E-state index >= 15 is 0 Å². The lowest BCUT2D eigenvalue weighted by molar-refractivity contribution is 0.0955. The van der Waals surface area contributed by atoms with Crippen molar-refractivity contribution < 1.29 is 22.3 Å². The van der Waals surface area contributed by atoms with Crippen molar-refractivity contribution in [3.05, 3.63) is 83.2 Å². The van der Waals surface area contributed by atoms with E-state index in [1.54, 1.807) is 30.6 Å². The van der Waals surface area contributed by atoms with Gasteiger partial charge in [-0.05, 0) is 53.4 Å². The van der Waals surface area contributed by atoms with Crippen molar-refractivity contribution >= 4 is 37.2 Å². The molecule has 4 aromatic rings. The molecule has 0 radical (unpaired) electrons. The fraction of sp³-hybridized carbons (Fsp3) is 0.0909. The molecule has 0 saturated heterocycles. The van der Waals surface area contributed by atoms with Gasteiger partial charge in [0.15, 0.2) is 11.6 Å². The Morgan fingerprint density at radius 2 is 1.84 bits per heavy atom. The molecule has 1 N–H and O–H groups in total. The Labute approximate surface area is 182 Å². The van der Waals surface area contributed by atoms with Gasteiger partial charge in [-0.1, -0.05) is 12.1 Å². The van der Waals surface area contributed by atoms with Crippen LogP contribution in [-0.4, -0.2) is 26.4 Å². The van der Waals surface area contributed by atoms with Gasteiger partial charge in [0, 0.05) is 18.9 Å². The lowest BCUT2D eigenvalue weighted by Crippen LogP contribution is -2.21. The molecule has 0 spiro atoms. The zero-order chi connectivity index (χ0) is 22.0. The number of hydrogen-bond donors (Lipinski definition) is 1. The molecule has 4 rings (SSSR count). The predicted molar refractivity (Wildman–Crippen MR) is 116 cm³/mol. The van der Waals surface area contributed by atoms with Gasteiger partial charge in [0.2, 0.25) is 9.84 Å². The lowest BCUT2D eigenvalue weighted by atomic mass is 10.2. The Morgan fingerprint density at radius 1 is 1.10 bits per heavy atom. The number of ether oxygens (including phenoxy) is 1. The molecule has 0 atom stereocenters. The minimum absolute atomic E-state index is 0.0278. The highest BCUT2D eigenvalue weighted by Gasteiger charge is 2.19. The van der Waals surface area contributed by atoms with Gasteiger partial charge in [-0.2, -0.15) is 0 Å². The number of benzene rings is 2. The third-order valence-electron chi connectivity index (χ3n) is 4.67. The van der Waals surface area contributed by atoms with Gasteiger partial charge in [-0.25, -0.2) is 12.8 Å². The van der Waals surface area contributed by atoms with Gasteiger partial charge >= 0.3 is 0 Å². The molecule has 2 aromatic carbocycles. The molecular formula is C22H17FN2O4S2. The molecule has 31 heavy (non-hydrogen) atoms. The highest BCUT2D eigenvalue weighted by atomic mass is 32.2. The average molecular weight is 457 g/mol. The number of nitrogens with one attached hydrogen (secondary N) is 1. The van der Waals surface area contributed by atoms with E-state index in [0.717, 1.165) is 21.7 Å². The maximum atomic E-state index is 13.9. The summed E-state index contributed by atoms with van der Waals surface area (Å²) < 4.78 is 45.2. The number of carbonyl (C=O) groups is 1. The average Bonchev–Trinajstić information content (AvgIpc) is 3.22. The fourth-order valence-electron chi connectivity index (χ4n) is 3.00. The number of aromatic nitrogens is 1. The summed E-state index contributed by atoms with van der Waals surface area (Å²) >= 11 is 1.35. The van der Waals surface area contributed by atoms with E-state index in [2.05, 4.69) is 10.3 Å². The third-order valence-corrected chi connectivity index (χ3v) is 7.52. The number of halogens is 1. The standard InChI is InChI=1S/C22H17FN2O4S2/c1-29-19-7-6-17(11-18(19)23)31(27,28)16-4-2-14(3-5-16)12-25-22(26)20-10-15-8-9-24-13-21(15)30-20/h2-11,13H,12H2,1H3,(H,25,26). The Balaban J connectivity index is 1.46. The summed E-state index contributed by atoms with van der Waals surface area (Å²) in [6.45, 7) is 0.239. The van der Waals surface area contributed by atoms with Crippen LogP contribution in [0.3, 0.4) is 0 Å². The molecular weight excluding hydrogens is 439 g/mol. The number of fused-ring (bicyclic) bond motifs is 1. The largest absolute Gasteiger partial charge is 0.494 e. The number of carbonyl (C=O) groups excluding carboxylic acids is 1. The highest BCUT2D eigenvalue weighted by molar-refractivity contribution is 7.91. The van der Waals surface area contributed by atoms with Crippen LogP contribution in [0.25, 0.3) is 10.1 Å². The maximum Gasteiger partial charge on any atom is 0.261 e. The third kappa shape index (κ3) is 4.28. The van der Waals surface area contributed by atoms with Crippen LogP contribution in [0.1, 0.15) is 15.2 Å². The van der Waals surface area contributed by atoms with E-state index in [9.17, 15) is 17.6 Å². The summed E-state index contributed by atoms with van der Waals surface area (Å²) in [6.07, 6.45) is 3.39. The second kappa shape index (κ2) is 8.44. The molecule has 6 nitrogen and oxygen atoms in total. The lowest BCUT2D eigenvalue weighted by Gasteiger charge is -2.08. The van der Waals surface area contributed by atoms with Gasteiger partial charge in [0.1, 0.15) is 0 Å². The Morgan fingerprint density at radius 3 is 2.52 bits per heavy atom. The number of pyridine rings is 1. The normalized spacial score (nSPS) is 11.4. The number of sulfone groups is 1. The molecule has 1 amide bonds. The van der Waals surface area contributed by atoms with Crippen molar-refractivity contribution in [3.63, 3.8) is 0 Å². The smallest absolute Gasteiger partial charge is 0.261 e. The first-order chi connectivity index (χ1) is 14.9. The molecule has 9 heteroatoms. The number of methoxy groups -OCH3 is 1. The topological polar surface area (TPSA) is 85.4 Å². The summed E-state index contributed by atoms with van der Waals surface area (Å²) in [5.41, 5.74) is 0.732. The minimum atomic E-state index is -3.88. The van der Waals surface area contributed by atoms with Gasteiger partial charge in [0.25, 0.3) is 5.91 Å². The quantitative estimate of drug-likeness (QED) is 0.470. The zero-order valence-corrected chi connectivity index (χ0v) is 18.0. The minimum Gasteiger partial charge on any atom is -0.494 e. The van der Waals surface area contributed by atoms with Crippen LogP contribution in [-0.2, 0) is 16.4 Å². The van der Waals surface area contributed by atoms with Crippen molar-refractivity contribution in [2.75, 3.05) is 7.11 Å². The number of amides is 1. The molecule has 2 heterocycles. The maximum absolute atomic E-state index is 13.9.